The third-order valence-electron chi connectivity index (χ3n) is 4.95. The maximum absolute atomic E-state index is 12.3. The monoisotopic (exact) mass is 403 g/mol. The Hall–Kier alpha value is -3.25. The van der Waals surface area contributed by atoms with E-state index in [-0.39, 0.29) is 5.91 Å². The second-order valence-corrected chi connectivity index (χ2v) is 7.01. The third-order valence-corrected chi connectivity index (χ3v) is 4.95. The smallest absolute Gasteiger partial charge is 0.244 e. The zero-order valence-corrected chi connectivity index (χ0v) is 17.7. The molecule has 1 amide bonds. The Morgan fingerprint density at radius 2 is 1.93 bits per heavy atom. The van der Waals surface area contributed by atoms with Gasteiger partial charge in [0.15, 0.2) is 0 Å². The first-order chi connectivity index (χ1) is 14.7. The summed E-state index contributed by atoms with van der Waals surface area (Å²) in [4.78, 5) is 18.7. The molecule has 0 radical (unpaired) electrons. The molecule has 0 bridgehead atoms. The second kappa shape index (κ2) is 11.1. The molecule has 3 rings (SSSR count). The van der Waals surface area contributed by atoms with Gasteiger partial charge >= 0.3 is 0 Å². The second-order valence-electron chi connectivity index (χ2n) is 7.01. The molecule has 2 aromatic heterocycles. The highest BCUT2D eigenvalue weighted by atomic mass is 16.1. The largest absolute Gasteiger partial charge is 0.351 e. The molecule has 30 heavy (non-hydrogen) atoms. The Balaban J connectivity index is 1.73. The minimum absolute atomic E-state index is 0.102. The predicted octanol–water partition coefficient (Wildman–Crippen LogP) is 3.46. The predicted molar refractivity (Wildman–Crippen MR) is 121 cm³/mol. The summed E-state index contributed by atoms with van der Waals surface area (Å²) in [7, 11) is 0. The molecule has 0 saturated carbocycles. The van der Waals surface area contributed by atoms with Crippen LogP contribution in [0.1, 0.15) is 25.0 Å². The molecular weight excluding hydrogens is 374 g/mol. The van der Waals surface area contributed by atoms with Crippen LogP contribution < -0.4 is 5.32 Å². The van der Waals surface area contributed by atoms with Crippen LogP contribution in [0.5, 0.6) is 0 Å². The molecular formula is C24H29N5O. The van der Waals surface area contributed by atoms with Crippen LogP contribution in [0.4, 0.5) is 0 Å². The lowest BCUT2D eigenvalue weighted by atomic mass is 10.1. The van der Waals surface area contributed by atoms with Crippen molar-refractivity contribution in [1.29, 1.82) is 0 Å². The molecule has 6 nitrogen and oxygen atoms in total. The van der Waals surface area contributed by atoms with Crippen molar-refractivity contribution in [3.05, 3.63) is 78.3 Å². The van der Waals surface area contributed by atoms with Gasteiger partial charge in [-0.25, -0.2) is 0 Å². The Morgan fingerprint density at radius 3 is 2.63 bits per heavy atom. The van der Waals surface area contributed by atoms with E-state index in [4.69, 9.17) is 5.10 Å². The SMILES string of the molecule is CCN(CC)CCNC(=O)/C=C/c1cn(Cc2ccccc2)nc1-c1cccnc1. The number of pyridine rings is 1. The molecule has 0 atom stereocenters. The normalized spacial score (nSPS) is 11.3. The number of nitrogens with zero attached hydrogens (tertiary/aromatic N) is 4. The Morgan fingerprint density at radius 1 is 1.13 bits per heavy atom. The highest BCUT2D eigenvalue weighted by molar-refractivity contribution is 5.92. The molecule has 0 aliphatic rings. The van der Waals surface area contributed by atoms with E-state index in [0.29, 0.717) is 13.1 Å². The summed E-state index contributed by atoms with van der Waals surface area (Å²) in [5.41, 5.74) is 3.79. The lowest BCUT2D eigenvalue weighted by Crippen LogP contribution is -2.34. The zero-order chi connectivity index (χ0) is 21.2. The summed E-state index contributed by atoms with van der Waals surface area (Å²) in [5.74, 6) is -0.102. The molecule has 0 spiro atoms. The van der Waals surface area contributed by atoms with Crippen LogP contribution >= 0.6 is 0 Å². The lowest BCUT2D eigenvalue weighted by molar-refractivity contribution is -0.116. The van der Waals surface area contributed by atoms with Gasteiger partial charge in [-0.15, -0.1) is 0 Å². The van der Waals surface area contributed by atoms with Crippen LogP contribution in [0.15, 0.2) is 67.1 Å². The summed E-state index contributed by atoms with van der Waals surface area (Å²) in [6.45, 7) is 8.36. The molecule has 0 saturated heterocycles. The maximum Gasteiger partial charge on any atom is 0.244 e. The van der Waals surface area contributed by atoms with Gasteiger partial charge in [0.2, 0.25) is 5.91 Å². The van der Waals surface area contributed by atoms with E-state index >= 15 is 0 Å². The molecule has 0 aliphatic carbocycles. The molecule has 156 valence electrons. The molecule has 1 aromatic carbocycles. The molecule has 2 heterocycles. The Labute approximate surface area is 178 Å². The number of nitrogens with one attached hydrogen (secondary N) is 1. The first-order valence-corrected chi connectivity index (χ1v) is 10.4. The van der Waals surface area contributed by atoms with Crippen LogP contribution in [0.2, 0.25) is 0 Å². The van der Waals surface area contributed by atoms with Gasteiger partial charge < -0.3 is 10.2 Å². The highest BCUT2D eigenvalue weighted by Gasteiger charge is 2.10. The first-order valence-electron chi connectivity index (χ1n) is 10.4. The summed E-state index contributed by atoms with van der Waals surface area (Å²) >= 11 is 0. The fourth-order valence-corrected chi connectivity index (χ4v) is 3.24. The summed E-state index contributed by atoms with van der Waals surface area (Å²) in [6, 6.07) is 14.0. The van der Waals surface area contributed by atoms with Crippen molar-refractivity contribution < 1.29 is 4.79 Å². The molecule has 1 N–H and O–H groups in total. The van der Waals surface area contributed by atoms with E-state index in [1.165, 1.54) is 5.56 Å². The highest BCUT2D eigenvalue weighted by Crippen LogP contribution is 2.22. The van der Waals surface area contributed by atoms with E-state index in [0.717, 1.165) is 36.5 Å². The average molecular weight is 404 g/mol. The van der Waals surface area contributed by atoms with Gasteiger partial charge in [-0.2, -0.15) is 5.10 Å². The quantitative estimate of drug-likeness (QED) is 0.527. The fourth-order valence-electron chi connectivity index (χ4n) is 3.24. The van der Waals surface area contributed by atoms with Crippen molar-refractivity contribution in [2.75, 3.05) is 26.2 Å². The van der Waals surface area contributed by atoms with Crippen molar-refractivity contribution in [3.63, 3.8) is 0 Å². The van der Waals surface area contributed by atoms with E-state index in [1.807, 2.05) is 47.3 Å². The summed E-state index contributed by atoms with van der Waals surface area (Å²) in [5, 5.41) is 7.70. The number of amides is 1. The molecule has 3 aromatic rings. The number of likely N-dealkylation sites (N-methyl/N-ethyl adjacent to an activating group) is 1. The molecule has 0 aliphatic heterocycles. The van der Waals surface area contributed by atoms with Crippen molar-refractivity contribution in [2.24, 2.45) is 0 Å². The van der Waals surface area contributed by atoms with Crippen LogP contribution in [0.25, 0.3) is 17.3 Å². The van der Waals surface area contributed by atoms with Gasteiger partial charge in [-0.1, -0.05) is 44.2 Å². The van der Waals surface area contributed by atoms with Gasteiger partial charge in [0.1, 0.15) is 5.69 Å². The zero-order valence-electron chi connectivity index (χ0n) is 17.7. The van der Waals surface area contributed by atoms with Crippen LogP contribution in [0, 0.1) is 0 Å². The van der Waals surface area contributed by atoms with Crippen molar-refractivity contribution in [2.45, 2.75) is 20.4 Å². The number of aromatic nitrogens is 3. The van der Waals surface area contributed by atoms with Crippen molar-refractivity contribution >= 4 is 12.0 Å². The van der Waals surface area contributed by atoms with Gasteiger partial charge in [-0.3, -0.25) is 14.5 Å². The minimum Gasteiger partial charge on any atom is -0.351 e. The molecule has 6 heteroatoms. The molecule has 0 unspecified atom stereocenters. The first kappa shape index (κ1) is 21.5. The minimum atomic E-state index is -0.102. The standard InChI is InChI=1S/C24H29N5O/c1-3-28(4-2)16-15-26-23(30)13-12-22-19-29(18-20-9-6-5-7-10-20)27-24(22)21-11-8-14-25-17-21/h5-14,17,19H,3-4,15-16,18H2,1-2H3,(H,26,30)/b13-12+. The van der Waals surface area contributed by atoms with Gasteiger partial charge in [0.25, 0.3) is 0 Å². The fraction of sp³-hybridized carbons (Fsp3) is 0.292. The van der Waals surface area contributed by atoms with E-state index < -0.39 is 0 Å². The molecule has 0 fully saturated rings. The number of hydrogen-bond donors (Lipinski definition) is 1. The number of hydrogen-bond acceptors (Lipinski definition) is 4. The number of carbonyl (C=O) groups is 1. The van der Waals surface area contributed by atoms with Crippen molar-refractivity contribution in [3.8, 4) is 11.3 Å². The summed E-state index contributed by atoms with van der Waals surface area (Å²) in [6.07, 6.45) is 8.89. The Bertz CT molecular complexity index is 946. The Kier molecular flexibility index (Phi) is 7.92. The number of benzene rings is 1. The van der Waals surface area contributed by atoms with E-state index in [9.17, 15) is 4.79 Å². The van der Waals surface area contributed by atoms with Gasteiger partial charge in [0, 0.05) is 48.9 Å². The topological polar surface area (TPSA) is 63.1 Å². The van der Waals surface area contributed by atoms with E-state index in [2.05, 4.69) is 41.2 Å². The lowest BCUT2D eigenvalue weighted by Gasteiger charge is -2.17. The average Bonchev–Trinajstić information content (AvgIpc) is 3.19. The van der Waals surface area contributed by atoms with Crippen LogP contribution in [-0.2, 0) is 11.3 Å². The van der Waals surface area contributed by atoms with Crippen LogP contribution in [0.3, 0.4) is 0 Å². The summed E-state index contributed by atoms with van der Waals surface area (Å²) < 4.78 is 1.90. The van der Waals surface area contributed by atoms with Crippen molar-refractivity contribution in [1.82, 2.24) is 25.0 Å². The van der Waals surface area contributed by atoms with E-state index in [1.54, 1.807) is 18.5 Å². The van der Waals surface area contributed by atoms with Crippen LogP contribution in [-0.4, -0.2) is 51.8 Å². The van der Waals surface area contributed by atoms with Gasteiger partial charge in [-0.05, 0) is 36.9 Å². The number of carbonyl (C=O) groups excluding carboxylic acids is 1. The number of rotatable bonds is 10. The maximum atomic E-state index is 12.3. The third kappa shape index (κ3) is 6.12. The van der Waals surface area contributed by atoms with Gasteiger partial charge in [0.05, 0.1) is 6.54 Å².